The Balaban J connectivity index is 2.18. The second-order valence-electron chi connectivity index (χ2n) is 11.0. The molecule has 1 heteroatoms. The molecule has 0 fully saturated rings. The average molecular weight is 398 g/mol. The zero-order valence-corrected chi connectivity index (χ0v) is 19.8. The number of para-hydroxylation sites is 1. The molecule has 1 aromatic heterocycles. The standard InChI is InChI=1S/C29H35N/c1-19(2)22-11-9-10-12-25(22)30-26-17-20(28(3,4)5)13-15-23(26)24-16-14-21(18-27(24)30)29(6,7)8/h9-19H,1-8H3. The van der Waals surface area contributed by atoms with Crippen molar-refractivity contribution >= 4 is 21.8 Å². The Kier molecular flexibility index (Phi) is 4.84. The molecule has 0 saturated carbocycles. The molecule has 156 valence electrons. The van der Waals surface area contributed by atoms with Crippen LogP contribution in [0, 0.1) is 0 Å². The zero-order chi connectivity index (χ0) is 21.8. The lowest BCUT2D eigenvalue weighted by Crippen LogP contribution is -2.11. The molecule has 0 amide bonds. The molecule has 30 heavy (non-hydrogen) atoms. The van der Waals surface area contributed by atoms with Crippen LogP contribution < -0.4 is 0 Å². The Labute approximate surface area is 181 Å². The molecule has 1 heterocycles. The molecule has 0 aliphatic heterocycles. The lowest BCUT2D eigenvalue weighted by atomic mass is 9.86. The summed E-state index contributed by atoms with van der Waals surface area (Å²) in [5, 5.41) is 2.66. The number of rotatable bonds is 2. The molecule has 0 N–H and O–H groups in total. The minimum atomic E-state index is 0.115. The molecular weight excluding hydrogens is 362 g/mol. The first-order valence-electron chi connectivity index (χ1n) is 11.2. The highest BCUT2D eigenvalue weighted by Gasteiger charge is 2.21. The second-order valence-corrected chi connectivity index (χ2v) is 11.0. The number of aromatic nitrogens is 1. The van der Waals surface area contributed by atoms with Crippen LogP contribution in [0.3, 0.4) is 0 Å². The molecule has 4 rings (SSSR count). The van der Waals surface area contributed by atoms with Crippen LogP contribution >= 0.6 is 0 Å². The van der Waals surface area contributed by atoms with Crippen molar-refractivity contribution in [1.29, 1.82) is 0 Å². The number of hydrogen-bond donors (Lipinski definition) is 0. The van der Waals surface area contributed by atoms with Crippen LogP contribution in [-0.2, 0) is 10.8 Å². The van der Waals surface area contributed by atoms with Crippen LogP contribution in [0.25, 0.3) is 27.5 Å². The Bertz CT molecular complexity index is 1150. The lowest BCUT2D eigenvalue weighted by molar-refractivity contribution is 0.591. The second kappa shape index (κ2) is 7.01. The fourth-order valence-corrected chi connectivity index (χ4v) is 4.39. The highest BCUT2D eigenvalue weighted by atomic mass is 15.0. The highest BCUT2D eigenvalue weighted by molar-refractivity contribution is 6.09. The Morgan fingerprint density at radius 3 is 1.53 bits per heavy atom. The predicted octanol–water partition coefficient (Wildman–Crippen LogP) is 8.50. The summed E-state index contributed by atoms with van der Waals surface area (Å²) in [6.45, 7) is 18.3. The first-order chi connectivity index (χ1) is 14.0. The molecule has 0 aliphatic carbocycles. The minimum absolute atomic E-state index is 0.115. The van der Waals surface area contributed by atoms with Gasteiger partial charge in [-0.25, -0.2) is 0 Å². The molecule has 1 nitrogen and oxygen atoms in total. The van der Waals surface area contributed by atoms with E-state index in [9.17, 15) is 0 Å². The topological polar surface area (TPSA) is 4.93 Å². The molecule has 4 aromatic rings. The Morgan fingerprint density at radius 1 is 0.633 bits per heavy atom. The van der Waals surface area contributed by atoms with E-state index in [0.717, 1.165) is 0 Å². The van der Waals surface area contributed by atoms with E-state index in [1.54, 1.807) is 0 Å². The van der Waals surface area contributed by atoms with Gasteiger partial charge in [0.25, 0.3) is 0 Å². The number of benzene rings is 3. The normalized spacial score (nSPS) is 13.0. The summed E-state index contributed by atoms with van der Waals surface area (Å²) in [4.78, 5) is 0. The molecule has 0 unspecified atom stereocenters. The van der Waals surface area contributed by atoms with Crippen LogP contribution in [0.5, 0.6) is 0 Å². The maximum atomic E-state index is 2.50. The van der Waals surface area contributed by atoms with Crippen molar-refractivity contribution in [2.24, 2.45) is 0 Å². The summed E-state index contributed by atoms with van der Waals surface area (Å²) < 4.78 is 2.50. The van der Waals surface area contributed by atoms with Gasteiger partial charge in [-0.2, -0.15) is 0 Å². The molecule has 0 saturated heterocycles. The molecular formula is C29H35N. The van der Waals surface area contributed by atoms with Crippen LogP contribution in [0.4, 0.5) is 0 Å². The van der Waals surface area contributed by atoms with Gasteiger partial charge in [-0.05, 0) is 51.6 Å². The largest absolute Gasteiger partial charge is 0.309 e. The van der Waals surface area contributed by atoms with E-state index < -0.39 is 0 Å². The van der Waals surface area contributed by atoms with Crippen LogP contribution in [-0.4, -0.2) is 4.57 Å². The third kappa shape index (κ3) is 3.45. The first-order valence-corrected chi connectivity index (χ1v) is 11.2. The number of nitrogens with zero attached hydrogens (tertiary/aromatic N) is 1. The Morgan fingerprint density at radius 2 is 1.10 bits per heavy atom. The molecule has 0 bridgehead atoms. The first kappa shape index (κ1) is 20.7. The van der Waals surface area contributed by atoms with E-state index in [4.69, 9.17) is 0 Å². The van der Waals surface area contributed by atoms with Crippen molar-refractivity contribution in [3.05, 3.63) is 77.4 Å². The number of hydrogen-bond acceptors (Lipinski definition) is 0. The van der Waals surface area contributed by atoms with E-state index >= 15 is 0 Å². The molecule has 0 spiro atoms. The maximum absolute atomic E-state index is 2.50. The third-order valence-corrected chi connectivity index (χ3v) is 6.30. The molecule has 0 aliphatic rings. The fraction of sp³-hybridized carbons (Fsp3) is 0.379. The highest BCUT2D eigenvalue weighted by Crippen LogP contribution is 2.38. The summed E-state index contributed by atoms with van der Waals surface area (Å²) in [5.41, 5.74) is 8.26. The SMILES string of the molecule is CC(C)c1ccccc1-n1c2cc(C(C)(C)C)ccc2c2ccc(C(C)(C)C)cc21. The van der Waals surface area contributed by atoms with Crippen molar-refractivity contribution in [1.82, 2.24) is 4.57 Å². The lowest BCUT2D eigenvalue weighted by Gasteiger charge is -2.21. The van der Waals surface area contributed by atoms with Gasteiger partial charge in [0, 0.05) is 16.5 Å². The van der Waals surface area contributed by atoms with E-state index in [0.29, 0.717) is 5.92 Å². The maximum Gasteiger partial charge on any atom is 0.0544 e. The zero-order valence-electron chi connectivity index (χ0n) is 19.8. The summed E-state index contributed by atoms with van der Waals surface area (Å²) in [6.07, 6.45) is 0. The van der Waals surface area contributed by atoms with E-state index in [-0.39, 0.29) is 10.8 Å². The monoisotopic (exact) mass is 397 g/mol. The number of fused-ring (bicyclic) bond motifs is 3. The summed E-state index contributed by atoms with van der Waals surface area (Å²) in [7, 11) is 0. The van der Waals surface area contributed by atoms with Crippen LogP contribution in [0.1, 0.15) is 78.0 Å². The van der Waals surface area contributed by atoms with Crippen molar-refractivity contribution in [3.8, 4) is 5.69 Å². The van der Waals surface area contributed by atoms with Gasteiger partial charge in [-0.15, -0.1) is 0 Å². The van der Waals surface area contributed by atoms with Crippen molar-refractivity contribution in [2.75, 3.05) is 0 Å². The predicted molar refractivity (Wildman–Crippen MR) is 132 cm³/mol. The van der Waals surface area contributed by atoms with Gasteiger partial charge >= 0.3 is 0 Å². The van der Waals surface area contributed by atoms with Crippen molar-refractivity contribution in [3.63, 3.8) is 0 Å². The van der Waals surface area contributed by atoms with Gasteiger partial charge < -0.3 is 4.57 Å². The van der Waals surface area contributed by atoms with Gasteiger partial charge in [0.2, 0.25) is 0 Å². The molecule has 0 atom stereocenters. The van der Waals surface area contributed by atoms with E-state index in [1.807, 2.05) is 0 Å². The summed E-state index contributed by atoms with van der Waals surface area (Å²) in [5.74, 6) is 0.463. The van der Waals surface area contributed by atoms with Crippen LogP contribution in [0.15, 0.2) is 60.7 Å². The molecule has 0 radical (unpaired) electrons. The van der Waals surface area contributed by atoms with Crippen molar-refractivity contribution in [2.45, 2.75) is 72.1 Å². The van der Waals surface area contributed by atoms with Gasteiger partial charge in [0.05, 0.1) is 11.0 Å². The van der Waals surface area contributed by atoms with Gasteiger partial charge in [0.15, 0.2) is 0 Å². The Hall–Kier alpha value is -2.54. The fourth-order valence-electron chi connectivity index (χ4n) is 4.39. The van der Waals surface area contributed by atoms with E-state index in [1.165, 1.54) is 44.2 Å². The smallest absolute Gasteiger partial charge is 0.0544 e. The van der Waals surface area contributed by atoms with Gasteiger partial charge in [-0.1, -0.05) is 97.9 Å². The summed E-state index contributed by atoms with van der Waals surface area (Å²) >= 11 is 0. The minimum Gasteiger partial charge on any atom is -0.309 e. The van der Waals surface area contributed by atoms with Gasteiger partial charge in [-0.3, -0.25) is 0 Å². The van der Waals surface area contributed by atoms with E-state index in [2.05, 4.69) is 121 Å². The summed E-state index contributed by atoms with van der Waals surface area (Å²) in [6, 6.07) is 22.9. The third-order valence-electron chi connectivity index (χ3n) is 6.30. The average Bonchev–Trinajstić information content (AvgIpc) is 2.99. The quantitative estimate of drug-likeness (QED) is 0.319. The van der Waals surface area contributed by atoms with Crippen LogP contribution in [0.2, 0.25) is 0 Å². The van der Waals surface area contributed by atoms with Gasteiger partial charge in [0.1, 0.15) is 0 Å². The molecule has 3 aromatic carbocycles. The van der Waals surface area contributed by atoms with Crippen molar-refractivity contribution < 1.29 is 0 Å².